The van der Waals surface area contributed by atoms with Crippen LogP contribution in [0.3, 0.4) is 0 Å². The molecule has 1 amide bonds. The van der Waals surface area contributed by atoms with E-state index < -0.39 is 11.6 Å². The average molecular weight is 399 g/mol. The maximum absolute atomic E-state index is 12.7. The van der Waals surface area contributed by atoms with E-state index in [-0.39, 0.29) is 5.91 Å². The highest BCUT2D eigenvalue weighted by Crippen LogP contribution is 2.38. The lowest BCUT2D eigenvalue weighted by molar-refractivity contribution is -0.129. The van der Waals surface area contributed by atoms with Crippen molar-refractivity contribution in [3.8, 4) is 29.1 Å². The van der Waals surface area contributed by atoms with Crippen molar-refractivity contribution in [2.45, 2.75) is 50.7 Å². The number of amides is 1. The number of carbonyl (C=O) groups excluding carboxylic acids is 1. The van der Waals surface area contributed by atoms with Crippen LogP contribution < -0.4 is 14.8 Å². The Labute approximate surface area is 171 Å². The summed E-state index contributed by atoms with van der Waals surface area (Å²) in [6, 6.07) is 9.48. The third-order valence-corrected chi connectivity index (χ3v) is 4.62. The van der Waals surface area contributed by atoms with Crippen molar-refractivity contribution in [3.05, 3.63) is 42.7 Å². The van der Waals surface area contributed by atoms with Crippen molar-refractivity contribution in [1.82, 2.24) is 10.3 Å². The second-order valence-electron chi connectivity index (χ2n) is 6.59. The first kappa shape index (κ1) is 21.6. The zero-order valence-electron chi connectivity index (χ0n) is 16.9. The zero-order chi connectivity index (χ0) is 20.6. The first-order valence-corrected chi connectivity index (χ1v) is 10.3. The summed E-state index contributed by atoms with van der Waals surface area (Å²) in [4.78, 5) is 17.7. The van der Waals surface area contributed by atoms with Gasteiger partial charge in [-0.25, -0.2) is 0 Å². The molecular formula is C22H26N2O3S. The van der Waals surface area contributed by atoms with Crippen LogP contribution in [0, 0.1) is 11.8 Å². The van der Waals surface area contributed by atoms with Gasteiger partial charge in [0.1, 0.15) is 5.75 Å². The monoisotopic (exact) mass is 398 g/mol. The minimum absolute atomic E-state index is 0.211. The van der Waals surface area contributed by atoms with Gasteiger partial charge >= 0.3 is 0 Å². The topological polar surface area (TPSA) is 60.5 Å². The number of para-hydroxylation sites is 1. The maximum atomic E-state index is 12.7. The van der Waals surface area contributed by atoms with E-state index in [1.54, 1.807) is 19.3 Å². The summed E-state index contributed by atoms with van der Waals surface area (Å²) in [6.07, 6.45) is 5.04. The van der Waals surface area contributed by atoms with E-state index >= 15 is 0 Å². The first-order valence-electron chi connectivity index (χ1n) is 9.07. The molecule has 0 fully saturated rings. The number of benzene rings is 1. The summed E-state index contributed by atoms with van der Waals surface area (Å²) >= 11 is 1.48. The number of ether oxygens (including phenoxy) is 2. The number of thioether (sulfide) groups is 1. The number of carbonyl (C=O) groups is 1. The Bertz CT molecular complexity index is 857. The molecule has 1 aromatic heterocycles. The van der Waals surface area contributed by atoms with Crippen LogP contribution >= 0.6 is 11.8 Å². The van der Waals surface area contributed by atoms with Gasteiger partial charge in [0.05, 0.1) is 22.8 Å². The molecule has 2 rings (SSSR count). The Morgan fingerprint density at radius 3 is 2.54 bits per heavy atom. The van der Waals surface area contributed by atoms with Crippen LogP contribution in [-0.2, 0) is 4.79 Å². The highest BCUT2D eigenvalue weighted by molar-refractivity contribution is 7.98. The van der Waals surface area contributed by atoms with E-state index in [0.717, 1.165) is 4.90 Å². The van der Waals surface area contributed by atoms with Crippen molar-refractivity contribution in [3.63, 3.8) is 0 Å². The van der Waals surface area contributed by atoms with Crippen LogP contribution in [-0.4, -0.2) is 28.8 Å². The van der Waals surface area contributed by atoms with Gasteiger partial charge in [0.2, 0.25) is 0 Å². The van der Waals surface area contributed by atoms with E-state index in [9.17, 15) is 4.79 Å². The molecule has 0 radical (unpaired) electrons. The van der Waals surface area contributed by atoms with Crippen molar-refractivity contribution in [1.29, 1.82) is 0 Å². The van der Waals surface area contributed by atoms with E-state index in [0.29, 0.717) is 23.7 Å². The third-order valence-electron chi connectivity index (χ3n) is 3.81. The van der Waals surface area contributed by atoms with Gasteiger partial charge in [-0.05, 0) is 45.6 Å². The quantitative estimate of drug-likeness (QED) is 0.517. The van der Waals surface area contributed by atoms with Crippen molar-refractivity contribution < 1.29 is 14.3 Å². The first-order chi connectivity index (χ1) is 13.4. The predicted octanol–water partition coefficient (Wildman–Crippen LogP) is 4.67. The normalized spacial score (nSPS) is 11.8. The van der Waals surface area contributed by atoms with Gasteiger partial charge in [0, 0.05) is 0 Å². The number of nitrogens with one attached hydrogen (secondary N) is 1. The van der Waals surface area contributed by atoms with Crippen molar-refractivity contribution in [2.24, 2.45) is 0 Å². The standard InChI is InChI=1S/C22H26N2O3S/c1-6-13-22(3,4)24-21(25)17(7-2)27-19-15-23-14-18(20(19)28-5)26-16-11-9-8-10-12-16/h8-12,14-15,17H,7H2,1-5H3,(H,24,25). The molecule has 1 N–H and O–H groups in total. The van der Waals surface area contributed by atoms with E-state index in [2.05, 4.69) is 22.1 Å². The minimum Gasteiger partial charge on any atom is -0.478 e. The molecule has 0 saturated heterocycles. The van der Waals surface area contributed by atoms with E-state index in [1.807, 2.05) is 57.4 Å². The van der Waals surface area contributed by atoms with Crippen LogP contribution in [0.25, 0.3) is 0 Å². The third kappa shape index (κ3) is 5.93. The van der Waals surface area contributed by atoms with Gasteiger partial charge < -0.3 is 14.8 Å². The van der Waals surface area contributed by atoms with Gasteiger partial charge in [-0.2, -0.15) is 0 Å². The fourth-order valence-corrected chi connectivity index (χ4v) is 3.19. The van der Waals surface area contributed by atoms with Gasteiger partial charge in [-0.15, -0.1) is 17.7 Å². The van der Waals surface area contributed by atoms with Gasteiger partial charge in [0.25, 0.3) is 5.91 Å². The lowest BCUT2D eigenvalue weighted by atomic mass is 10.1. The second kappa shape index (κ2) is 10.0. The molecule has 1 heterocycles. The molecule has 28 heavy (non-hydrogen) atoms. The van der Waals surface area contributed by atoms with Crippen molar-refractivity contribution >= 4 is 17.7 Å². The fraction of sp³-hybridized carbons (Fsp3) is 0.364. The van der Waals surface area contributed by atoms with E-state index in [1.165, 1.54) is 11.8 Å². The molecule has 1 atom stereocenters. The number of nitrogens with zero attached hydrogens (tertiary/aromatic N) is 1. The number of rotatable bonds is 8. The smallest absolute Gasteiger partial charge is 0.262 e. The van der Waals surface area contributed by atoms with Crippen LogP contribution in [0.4, 0.5) is 0 Å². The molecule has 5 nitrogen and oxygen atoms in total. The molecule has 0 bridgehead atoms. The molecule has 0 saturated carbocycles. The molecule has 0 aliphatic heterocycles. The Kier molecular flexibility index (Phi) is 7.77. The maximum Gasteiger partial charge on any atom is 0.262 e. The lowest BCUT2D eigenvalue weighted by Gasteiger charge is -2.25. The summed E-state index contributed by atoms with van der Waals surface area (Å²) in [5, 5.41) is 2.92. The lowest BCUT2D eigenvalue weighted by Crippen LogP contribution is -2.48. The van der Waals surface area contributed by atoms with Gasteiger partial charge in [-0.1, -0.05) is 31.0 Å². The van der Waals surface area contributed by atoms with Crippen LogP contribution in [0.2, 0.25) is 0 Å². The highest BCUT2D eigenvalue weighted by atomic mass is 32.2. The Hall–Kier alpha value is -2.65. The summed E-state index contributed by atoms with van der Waals surface area (Å²) in [5.41, 5.74) is -0.624. The van der Waals surface area contributed by atoms with Crippen LogP contribution in [0.15, 0.2) is 47.6 Å². The second-order valence-corrected chi connectivity index (χ2v) is 7.40. The predicted molar refractivity (Wildman–Crippen MR) is 113 cm³/mol. The van der Waals surface area contributed by atoms with Crippen molar-refractivity contribution in [2.75, 3.05) is 6.26 Å². The molecule has 148 valence electrons. The molecule has 6 heteroatoms. The summed E-state index contributed by atoms with van der Waals surface area (Å²) in [5.74, 6) is 7.42. The molecule has 1 unspecified atom stereocenters. The summed E-state index contributed by atoms with van der Waals surface area (Å²) < 4.78 is 12.0. The summed E-state index contributed by atoms with van der Waals surface area (Å²) in [6.45, 7) is 7.37. The van der Waals surface area contributed by atoms with E-state index in [4.69, 9.17) is 9.47 Å². The Morgan fingerprint density at radius 1 is 1.25 bits per heavy atom. The number of aromatic nitrogens is 1. The van der Waals surface area contributed by atoms with Gasteiger partial charge in [-0.3, -0.25) is 9.78 Å². The number of hydrogen-bond donors (Lipinski definition) is 1. The molecule has 0 aliphatic rings. The van der Waals surface area contributed by atoms with Crippen LogP contribution in [0.1, 0.15) is 34.1 Å². The number of hydrogen-bond acceptors (Lipinski definition) is 5. The molecule has 2 aromatic rings. The summed E-state index contributed by atoms with van der Waals surface area (Å²) in [7, 11) is 0. The molecule has 1 aromatic carbocycles. The Balaban J connectivity index is 2.22. The highest BCUT2D eigenvalue weighted by Gasteiger charge is 2.26. The molecule has 0 spiro atoms. The molecule has 0 aliphatic carbocycles. The average Bonchev–Trinajstić information content (AvgIpc) is 2.66. The number of pyridine rings is 1. The zero-order valence-corrected chi connectivity index (χ0v) is 17.7. The fourth-order valence-electron chi connectivity index (χ4n) is 2.59. The minimum atomic E-state index is -0.655. The largest absolute Gasteiger partial charge is 0.478 e. The van der Waals surface area contributed by atoms with Gasteiger partial charge in [0.15, 0.2) is 17.6 Å². The SMILES string of the molecule is CC#CC(C)(C)NC(=O)C(CC)Oc1cncc(Oc2ccccc2)c1SC. The Morgan fingerprint density at radius 2 is 1.93 bits per heavy atom. The molecular weight excluding hydrogens is 372 g/mol. The van der Waals surface area contributed by atoms with Crippen LogP contribution in [0.5, 0.6) is 17.2 Å².